The Bertz CT molecular complexity index is 993. The van der Waals surface area contributed by atoms with Crippen molar-refractivity contribution in [1.29, 1.82) is 0 Å². The molecule has 1 aromatic heterocycles. The van der Waals surface area contributed by atoms with Crippen molar-refractivity contribution in [1.82, 2.24) is 15.0 Å². The molecule has 0 atom stereocenters. The van der Waals surface area contributed by atoms with Gasteiger partial charge < -0.3 is 20.6 Å². The molecule has 176 valence electrons. The molecule has 0 aromatic carbocycles. The summed E-state index contributed by atoms with van der Waals surface area (Å²) in [6.45, 7) is 4.96. The maximum Gasteiger partial charge on any atom is 0.573 e. The lowest BCUT2D eigenvalue weighted by Crippen LogP contribution is -2.37. The molecule has 33 heavy (non-hydrogen) atoms. The molecule has 0 saturated carbocycles. The minimum atomic E-state index is -4.75. The minimum Gasteiger partial charge on any atom is -0.414 e. The van der Waals surface area contributed by atoms with E-state index in [0.29, 0.717) is 48.7 Å². The van der Waals surface area contributed by atoms with Crippen LogP contribution in [0.5, 0.6) is 0 Å². The van der Waals surface area contributed by atoms with Crippen LogP contribution in [0.2, 0.25) is 0 Å². The molecule has 0 unspecified atom stereocenters. The van der Waals surface area contributed by atoms with Crippen molar-refractivity contribution in [3.8, 4) is 0 Å². The fraction of sp³-hybridized carbons (Fsp3) is 0.318. The molecule has 2 aliphatic rings. The van der Waals surface area contributed by atoms with Crippen molar-refractivity contribution in [2.24, 2.45) is 11.7 Å². The second kappa shape index (κ2) is 10.8. The van der Waals surface area contributed by atoms with E-state index in [1.54, 1.807) is 23.3 Å². The third-order valence-electron chi connectivity index (χ3n) is 4.99. The number of primary amides is 1. The van der Waals surface area contributed by atoms with Crippen LogP contribution in [0, 0.1) is 5.92 Å². The smallest absolute Gasteiger partial charge is 0.414 e. The number of ether oxygens (including phenoxy) is 1. The molecule has 3 rings (SSSR count). The number of allylic oxidation sites excluding steroid dienone is 4. The van der Waals surface area contributed by atoms with E-state index in [2.05, 4.69) is 26.6 Å². The molecule has 1 aromatic rings. The number of anilines is 1. The number of alkyl halides is 3. The average Bonchev–Trinajstić information content (AvgIpc) is 2.98. The molecule has 0 spiro atoms. The molecule has 8 nitrogen and oxygen atoms in total. The van der Waals surface area contributed by atoms with Gasteiger partial charge in [-0.1, -0.05) is 18.7 Å². The Morgan fingerprint density at radius 2 is 2.00 bits per heavy atom. The summed E-state index contributed by atoms with van der Waals surface area (Å²) in [5.74, 6) is -0.281. The molecular formula is C22H24F3N5O3. The predicted molar refractivity (Wildman–Crippen MR) is 116 cm³/mol. The molecule has 1 aliphatic heterocycles. The molecule has 1 amide bonds. The van der Waals surface area contributed by atoms with Crippen LogP contribution in [0.15, 0.2) is 54.9 Å². The molecule has 2 heterocycles. The highest BCUT2D eigenvalue weighted by atomic mass is 19.4. The topological polar surface area (TPSA) is 103 Å². The number of nitrogens with two attached hydrogens (primary N) is 1. The Labute approximate surface area is 188 Å². The van der Waals surface area contributed by atoms with E-state index in [4.69, 9.17) is 10.6 Å². The quantitative estimate of drug-likeness (QED) is 0.564. The molecule has 3 N–H and O–H groups in total. The number of hydrogen-bond acceptors (Lipinski definition) is 7. The first-order valence-electron chi connectivity index (χ1n) is 10.2. The normalized spacial score (nSPS) is 17.8. The third kappa shape index (κ3) is 7.21. The number of piperidine rings is 1. The summed E-state index contributed by atoms with van der Waals surface area (Å²) in [5.41, 5.74) is 7.00. The van der Waals surface area contributed by atoms with Crippen molar-refractivity contribution in [2.75, 3.05) is 18.4 Å². The lowest BCUT2D eigenvalue weighted by Gasteiger charge is -2.28. The highest BCUT2D eigenvalue weighted by Crippen LogP contribution is 2.25. The van der Waals surface area contributed by atoms with Gasteiger partial charge in [0.2, 0.25) is 5.91 Å². The van der Waals surface area contributed by atoms with Gasteiger partial charge in [0, 0.05) is 36.3 Å². The maximum atomic E-state index is 12.4. The van der Waals surface area contributed by atoms with E-state index in [0.717, 1.165) is 0 Å². The monoisotopic (exact) mass is 463 g/mol. The summed E-state index contributed by atoms with van der Waals surface area (Å²) in [4.78, 5) is 25.3. The van der Waals surface area contributed by atoms with Gasteiger partial charge in [0.05, 0.1) is 5.69 Å². The van der Waals surface area contributed by atoms with E-state index in [1.165, 1.54) is 30.8 Å². The zero-order chi connectivity index (χ0) is 23.8. The molecule has 1 aliphatic carbocycles. The second-order valence-corrected chi connectivity index (χ2v) is 7.25. The van der Waals surface area contributed by atoms with Gasteiger partial charge in [-0.3, -0.25) is 4.79 Å². The maximum absolute atomic E-state index is 12.4. The first kappa shape index (κ1) is 24.1. The third-order valence-corrected chi connectivity index (χ3v) is 4.99. The number of carbonyl (C=O) groups is 1. The zero-order valence-electron chi connectivity index (χ0n) is 17.7. The largest absolute Gasteiger partial charge is 0.573 e. The van der Waals surface area contributed by atoms with Gasteiger partial charge >= 0.3 is 6.36 Å². The van der Waals surface area contributed by atoms with Gasteiger partial charge in [-0.15, -0.1) is 18.2 Å². The lowest BCUT2D eigenvalue weighted by molar-refractivity contribution is -0.303. The van der Waals surface area contributed by atoms with Gasteiger partial charge in [-0.2, -0.15) is 0 Å². The fourth-order valence-corrected chi connectivity index (χ4v) is 3.32. The van der Waals surface area contributed by atoms with Gasteiger partial charge in [0.1, 0.15) is 24.2 Å². The number of rotatable bonds is 8. The Morgan fingerprint density at radius 1 is 1.24 bits per heavy atom. The van der Waals surface area contributed by atoms with Crippen molar-refractivity contribution >= 4 is 23.9 Å². The summed E-state index contributed by atoms with van der Waals surface area (Å²) in [7, 11) is 0. The summed E-state index contributed by atoms with van der Waals surface area (Å²) in [5, 5.41) is 4.81. The summed E-state index contributed by atoms with van der Waals surface area (Å²) < 4.78 is 41.3. The van der Waals surface area contributed by atoms with Crippen LogP contribution >= 0.6 is 0 Å². The van der Waals surface area contributed by atoms with Crippen LogP contribution in [0.1, 0.15) is 30.5 Å². The van der Waals surface area contributed by atoms with Crippen molar-refractivity contribution < 1.29 is 27.5 Å². The number of nitrogens with one attached hydrogen (secondary N) is 1. The molecule has 1 fully saturated rings. The van der Waals surface area contributed by atoms with Crippen molar-refractivity contribution in [3.63, 3.8) is 0 Å². The zero-order valence-corrected chi connectivity index (χ0v) is 17.7. The van der Waals surface area contributed by atoms with Crippen LogP contribution in [0.3, 0.4) is 0 Å². The van der Waals surface area contributed by atoms with Crippen LogP contribution in [0.4, 0.5) is 19.0 Å². The first-order valence-corrected chi connectivity index (χ1v) is 10.2. The van der Waals surface area contributed by atoms with E-state index in [9.17, 15) is 18.0 Å². The Morgan fingerprint density at radius 3 is 2.67 bits per heavy atom. The van der Waals surface area contributed by atoms with E-state index >= 15 is 0 Å². The Balaban J connectivity index is 1.63. The molecule has 0 bridgehead atoms. The minimum absolute atomic E-state index is 0.129. The van der Waals surface area contributed by atoms with Crippen LogP contribution in [-0.4, -0.2) is 40.4 Å². The number of hydroxylamine groups is 2. The number of amides is 1. The van der Waals surface area contributed by atoms with Gasteiger partial charge in [-0.25, -0.2) is 9.97 Å². The first-order chi connectivity index (χ1) is 15.7. The summed E-state index contributed by atoms with van der Waals surface area (Å²) in [6, 6.07) is 0. The van der Waals surface area contributed by atoms with Crippen molar-refractivity contribution in [3.05, 3.63) is 66.2 Å². The van der Waals surface area contributed by atoms with Crippen LogP contribution < -0.4 is 11.1 Å². The molecule has 1 saturated heterocycles. The standard InChI is InChI=1S/C22H24F3N5O3/c1-2-18-19(10-13-32-30-11-8-15(9-12-30)20(26)31)27-14-28-21(18)29-16-4-3-5-17(7-6-16)33-22(23,24)25/h2,4-7,10,13-15H,1,3,8-9,11-12H2,(H2,26,31)(H,27,28,29)/b13-10+. The molecule has 11 heteroatoms. The van der Waals surface area contributed by atoms with E-state index < -0.39 is 6.36 Å². The Hall–Kier alpha value is -3.60. The Kier molecular flexibility index (Phi) is 7.88. The highest BCUT2D eigenvalue weighted by molar-refractivity contribution is 5.76. The van der Waals surface area contributed by atoms with Crippen LogP contribution in [-0.2, 0) is 14.4 Å². The lowest BCUT2D eigenvalue weighted by atomic mass is 9.97. The highest BCUT2D eigenvalue weighted by Gasteiger charge is 2.31. The van der Waals surface area contributed by atoms with E-state index in [-0.39, 0.29) is 24.0 Å². The second-order valence-electron chi connectivity index (χ2n) is 7.25. The number of aromatic nitrogens is 2. The summed E-state index contributed by atoms with van der Waals surface area (Å²) >= 11 is 0. The predicted octanol–water partition coefficient (Wildman–Crippen LogP) is 3.90. The number of hydrogen-bond donors (Lipinski definition) is 2. The van der Waals surface area contributed by atoms with Gasteiger partial charge in [0.25, 0.3) is 0 Å². The number of nitrogens with zero attached hydrogens (tertiary/aromatic N) is 3. The number of halogens is 3. The van der Waals surface area contributed by atoms with Crippen molar-refractivity contribution in [2.45, 2.75) is 25.6 Å². The van der Waals surface area contributed by atoms with Crippen LogP contribution in [0.25, 0.3) is 12.2 Å². The van der Waals surface area contributed by atoms with Gasteiger partial charge in [-0.05, 0) is 37.5 Å². The molecular weight excluding hydrogens is 439 g/mol. The SMILES string of the molecule is C=Cc1c(/C=C/ON2CCC(C(N)=O)CC2)ncnc1NC1=CCC=C(OC(F)(F)F)C=C1. The van der Waals surface area contributed by atoms with Gasteiger partial charge in [0.15, 0.2) is 0 Å². The fourth-order valence-electron chi connectivity index (χ4n) is 3.32. The number of carbonyl (C=O) groups excluding carboxylic acids is 1. The van der Waals surface area contributed by atoms with E-state index in [1.807, 2.05) is 0 Å². The molecule has 0 radical (unpaired) electrons. The average molecular weight is 463 g/mol. The summed E-state index contributed by atoms with van der Waals surface area (Å²) in [6.07, 6.45) is 8.53.